The van der Waals surface area contributed by atoms with Crippen LogP contribution in [0.2, 0.25) is 0 Å². The van der Waals surface area contributed by atoms with E-state index in [2.05, 4.69) is 17.3 Å². The van der Waals surface area contributed by atoms with Gasteiger partial charge in [0.15, 0.2) is 0 Å². The molecule has 2 rings (SSSR count). The smallest absolute Gasteiger partial charge is 0.137 e. The summed E-state index contributed by atoms with van der Waals surface area (Å²) in [6, 6.07) is 8.00. The molecular formula is C13H16N2OS. The standard InChI is InChI=1S/C13H16N2OS/c1-9-13(10(2)16-15-9)8-17-7-11-3-5-12(14)6-4-11/h3-6H,7-8,14H2,1-2H3. The summed E-state index contributed by atoms with van der Waals surface area (Å²) in [7, 11) is 0. The van der Waals surface area contributed by atoms with Gasteiger partial charge in [-0.2, -0.15) is 11.8 Å². The van der Waals surface area contributed by atoms with E-state index < -0.39 is 0 Å². The number of nitrogens with zero attached hydrogens (tertiary/aromatic N) is 1. The summed E-state index contributed by atoms with van der Waals surface area (Å²) in [5.41, 5.74) is 9.95. The number of nitrogens with two attached hydrogens (primary N) is 1. The maximum atomic E-state index is 5.64. The van der Waals surface area contributed by atoms with Gasteiger partial charge in [-0.05, 0) is 31.5 Å². The molecule has 1 heterocycles. The number of benzene rings is 1. The highest BCUT2D eigenvalue weighted by Gasteiger charge is 2.08. The molecule has 90 valence electrons. The Kier molecular flexibility index (Phi) is 3.74. The number of aryl methyl sites for hydroxylation is 2. The van der Waals surface area contributed by atoms with E-state index in [1.807, 2.05) is 37.7 Å². The molecule has 0 amide bonds. The third-order valence-corrected chi connectivity index (χ3v) is 3.71. The topological polar surface area (TPSA) is 52.0 Å². The Morgan fingerprint density at radius 2 is 1.88 bits per heavy atom. The number of nitrogen functional groups attached to an aromatic ring is 1. The summed E-state index contributed by atoms with van der Waals surface area (Å²) < 4.78 is 5.13. The average molecular weight is 248 g/mol. The van der Waals surface area contributed by atoms with E-state index in [0.29, 0.717) is 0 Å². The highest BCUT2D eigenvalue weighted by Crippen LogP contribution is 2.22. The van der Waals surface area contributed by atoms with Gasteiger partial charge >= 0.3 is 0 Å². The van der Waals surface area contributed by atoms with Crippen molar-refractivity contribution in [3.8, 4) is 0 Å². The van der Waals surface area contributed by atoms with Gasteiger partial charge in [-0.3, -0.25) is 0 Å². The second kappa shape index (κ2) is 5.27. The predicted octanol–water partition coefficient (Wildman–Crippen LogP) is 3.31. The molecule has 2 aromatic rings. The third kappa shape index (κ3) is 3.03. The Morgan fingerprint density at radius 1 is 1.18 bits per heavy atom. The Bertz CT molecular complexity index is 471. The molecule has 0 atom stereocenters. The van der Waals surface area contributed by atoms with Crippen LogP contribution in [-0.4, -0.2) is 5.16 Å². The lowest BCUT2D eigenvalue weighted by atomic mass is 10.2. The van der Waals surface area contributed by atoms with Crippen LogP contribution in [0, 0.1) is 13.8 Å². The molecule has 0 radical (unpaired) electrons. The van der Waals surface area contributed by atoms with Crippen LogP contribution in [0.3, 0.4) is 0 Å². The van der Waals surface area contributed by atoms with Crippen molar-refractivity contribution in [2.45, 2.75) is 25.4 Å². The largest absolute Gasteiger partial charge is 0.399 e. The number of hydrogen-bond donors (Lipinski definition) is 1. The van der Waals surface area contributed by atoms with E-state index in [9.17, 15) is 0 Å². The zero-order valence-electron chi connectivity index (χ0n) is 10.1. The second-order valence-corrected chi connectivity index (χ2v) is 5.02. The van der Waals surface area contributed by atoms with Crippen molar-refractivity contribution in [3.05, 3.63) is 46.8 Å². The van der Waals surface area contributed by atoms with E-state index in [1.165, 1.54) is 11.1 Å². The van der Waals surface area contributed by atoms with Crippen LogP contribution in [0.25, 0.3) is 0 Å². The highest BCUT2D eigenvalue weighted by atomic mass is 32.2. The first-order chi connectivity index (χ1) is 8.16. The zero-order valence-corrected chi connectivity index (χ0v) is 10.9. The zero-order chi connectivity index (χ0) is 12.3. The molecule has 1 aromatic carbocycles. The van der Waals surface area contributed by atoms with Crippen molar-refractivity contribution in [3.63, 3.8) is 0 Å². The molecule has 0 unspecified atom stereocenters. The van der Waals surface area contributed by atoms with Crippen LogP contribution in [0.15, 0.2) is 28.8 Å². The van der Waals surface area contributed by atoms with Crippen molar-refractivity contribution >= 4 is 17.4 Å². The summed E-state index contributed by atoms with van der Waals surface area (Å²) in [6.07, 6.45) is 0. The molecule has 3 nitrogen and oxygen atoms in total. The molecule has 0 aliphatic carbocycles. The number of aromatic nitrogens is 1. The van der Waals surface area contributed by atoms with Crippen LogP contribution in [0.5, 0.6) is 0 Å². The fraction of sp³-hybridized carbons (Fsp3) is 0.308. The first-order valence-electron chi connectivity index (χ1n) is 5.50. The molecule has 17 heavy (non-hydrogen) atoms. The number of anilines is 1. The molecule has 0 bridgehead atoms. The molecule has 0 saturated heterocycles. The minimum Gasteiger partial charge on any atom is -0.399 e. The van der Waals surface area contributed by atoms with E-state index in [-0.39, 0.29) is 0 Å². The van der Waals surface area contributed by atoms with Crippen molar-refractivity contribution in [1.82, 2.24) is 5.16 Å². The first-order valence-corrected chi connectivity index (χ1v) is 6.66. The van der Waals surface area contributed by atoms with Crippen LogP contribution < -0.4 is 5.73 Å². The molecular weight excluding hydrogens is 232 g/mol. The summed E-state index contributed by atoms with van der Waals surface area (Å²) >= 11 is 1.86. The van der Waals surface area contributed by atoms with E-state index in [0.717, 1.165) is 28.6 Å². The Morgan fingerprint density at radius 3 is 2.47 bits per heavy atom. The molecule has 0 spiro atoms. The summed E-state index contributed by atoms with van der Waals surface area (Å²) in [4.78, 5) is 0. The number of hydrogen-bond acceptors (Lipinski definition) is 4. The van der Waals surface area contributed by atoms with Gasteiger partial charge in [0.1, 0.15) is 5.76 Å². The number of rotatable bonds is 4. The van der Waals surface area contributed by atoms with Gasteiger partial charge in [0, 0.05) is 22.8 Å². The summed E-state index contributed by atoms with van der Waals surface area (Å²) in [6.45, 7) is 3.94. The van der Waals surface area contributed by atoms with Crippen LogP contribution in [0.4, 0.5) is 5.69 Å². The van der Waals surface area contributed by atoms with Crippen molar-refractivity contribution in [2.75, 3.05) is 5.73 Å². The third-order valence-electron chi connectivity index (χ3n) is 2.68. The van der Waals surface area contributed by atoms with Crippen molar-refractivity contribution in [1.29, 1.82) is 0 Å². The van der Waals surface area contributed by atoms with E-state index in [1.54, 1.807) is 0 Å². The van der Waals surface area contributed by atoms with Gasteiger partial charge in [-0.1, -0.05) is 17.3 Å². The maximum Gasteiger partial charge on any atom is 0.137 e. The van der Waals surface area contributed by atoms with Crippen LogP contribution in [0.1, 0.15) is 22.6 Å². The molecule has 0 aliphatic rings. The van der Waals surface area contributed by atoms with Crippen molar-refractivity contribution in [2.24, 2.45) is 0 Å². The van der Waals surface area contributed by atoms with Gasteiger partial charge in [-0.25, -0.2) is 0 Å². The Labute approximate surface area is 105 Å². The van der Waals surface area contributed by atoms with Gasteiger partial charge < -0.3 is 10.3 Å². The summed E-state index contributed by atoms with van der Waals surface area (Å²) in [5, 5.41) is 3.95. The van der Waals surface area contributed by atoms with E-state index in [4.69, 9.17) is 10.3 Å². The lowest BCUT2D eigenvalue weighted by Gasteiger charge is -2.02. The molecule has 1 aromatic heterocycles. The SMILES string of the molecule is Cc1noc(C)c1CSCc1ccc(N)cc1. The Balaban J connectivity index is 1.90. The first kappa shape index (κ1) is 12.0. The molecule has 2 N–H and O–H groups in total. The normalized spacial score (nSPS) is 10.7. The van der Waals surface area contributed by atoms with E-state index >= 15 is 0 Å². The van der Waals surface area contributed by atoms with Gasteiger partial charge in [0.05, 0.1) is 5.69 Å². The average Bonchev–Trinajstić information content (AvgIpc) is 2.63. The quantitative estimate of drug-likeness (QED) is 0.843. The highest BCUT2D eigenvalue weighted by molar-refractivity contribution is 7.97. The lowest BCUT2D eigenvalue weighted by Crippen LogP contribution is -1.88. The number of thioether (sulfide) groups is 1. The minimum absolute atomic E-state index is 0.810. The van der Waals surface area contributed by atoms with Crippen molar-refractivity contribution < 1.29 is 4.52 Å². The minimum atomic E-state index is 0.810. The monoisotopic (exact) mass is 248 g/mol. The maximum absolute atomic E-state index is 5.64. The molecule has 0 fully saturated rings. The predicted molar refractivity (Wildman–Crippen MR) is 71.8 cm³/mol. The van der Waals surface area contributed by atoms with Gasteiger partial charge in [0.2, 0.25) is 0 Å². The van der Waals surface area contributed by atoms with Gasteiger partial charge in [0.25, 0.3) is 0 Å². The molecule has 4 heteroatoms. The Hall–Kier alpha value is -1.42. The molecule has 0 aliphatic heterocycles. The summed E-state index contributed by atoms with van der Waals surface area (Å²) in [5.74, 6) is 2.84. The lowest BCUT2D eigenvalue weighted by molar-refractivity contribution is 0.392. The van der Waals surface area contributed by atoms with Gasteiger partial charge in [-0.15, -0.1) is 0 Å². The van der Waals surface area contributed by atoms with Crippen LogP contribution >= 0.6 is 11.8 Å². The van der Waals surface area contributed by atoms with Crippen LogP contribution in [-0.2, 0) is 11.5 Å². The second-order valence-electron chi connectivity index (χ2n) is 4.04. The fourth-order valence-electron chi connectivity index (χ4n) is 1.59. The molecule has 0 saturated carbocycles. The fourth-order valence-corrected chi connectivity index (χ4v) is 2.74.